The maximum Gasteiger partial charge on any atom is 0.343 e. The van der Waals surface area contributed by atoms with Crippen molar-refractivity contribution < 1.29 is 4.74 Å². The van der Waals surface area contributed by atoms with Crippen LogP contribution in [0, 0.1) is 0 Å². The first kappa shape index (κ1) is 14.2. The van der Waals surface area contributed by atoms with E-state index in [1.807, 2.05) is 13.1 Å². The summed E-state index contributed by atoms with van der Waals surface area (Å²) in [6.07, 6.45) is 0.941. The Morgan fingerprint density at radius 1 is 1.52 bits per heavy atom. The fraction of sp³-hybridized carbons (Fsp3) is 0.429. The molecule has 1 aromatic carbocycles. The Hall–Kier alpha value is -1.73. The zero-order valence-corrected chi connectivity index (χ0v) is 13.0. The van der Waals surface area contributed by atoms with Crippen LogP contribution in [-0.4, -0.2) is 34.2 Å². The van der Waals surface area contributed by atoms with Gasteiger partial charge in [0, 0.05) is 18.3 Å². The van der Waals surface area contributed by atoms with Crippen LogP contribution in [0.5, 0.6) is 5.75 Å². The van der Waals surface area contributed by atoms with Gasteiger partial charge >= 0.3 is 5.69 Å². The number of hydrogen-bond donors (Lipinski definition) is 2. The number of rotatable bonds is 4. The van der Waals surface area contributed by atoms with Crippen molar-refractivity contribution in [1.29, 1.82) is 0 Å². The predicted molar refractivity (Wildman–Crippen MR) is 82.0 cm³/mol. The Kier molecular flexibility index (Phi) is 3.77. The number of hydrogen-bond acceptors (Lipinski definition) is 5. The highest BCUT2D eigenvalue weighted by Gasteiger charge is 2.33. The molecule has 0 spiro atoms. The Bertz CT molecular complexity index is 709. The zero-order chi connectivity index (χ0) is 15.0. The molecule has 7 heteroatoms. The molecule has 21 heavy (non-hydrogen) atoms. The molecule has 2 N–H and O–H groups in total. The number of nitrogens with zero attached hydrogens (tertiary/aromatic N) is 2. The van der Waals surface area contributed by atoms with Crippen LogP contribution in [0.1, 0.15) is 17.2 Å². The summed E-state index contributed by atoms with van der Waals surface area (Å²) in [5.41, 5.74) is 2.39. The van der Waals surface area contributed by atoms with E-state index in [0.717, 1.165) is 12.2 Å². The summed E-state index contributed by atoms with van der Waals surface area (Å²) in [6, 6.07) is 6.40. The minimum absolute atomic E-state index is 0.185. The molecular weight excluding hydrogens is 288 g/mol. The summed E-state index contributed by atoms with van der Waals surface area (Å²) < 4.78 is 6.85. The maximum atomic E-state index is 11.5. The lowest BCUT2D eigenvalue weighted by Gasteiger charge is -2.18. The molecule has 0 aliphatic heterocycles. The Balaban J connectivity index is 1.88. The van der Waals surface area contributed by atoms with E-state index >= 15 is 0 Å². The van der Waals surface area contributed by atoms with E-state index in [2.05, 4.69) is 27.6 Å². The first-order chi connectivity index (χ1) is 10.1. The quantitative estimate of drug-likeness (QED) is 0.885. The number of fused-ring (bicyclic) bond motifs is 1. The van der Waals surface area contributed by atoms with Crippen molar-refractivity contribution in [2.24, 2.45) is 7.05 Å². The molecule has 2 aromatic rings. The van der Waals surface area contributed by atoms with Gasteiger partial charge in [0.25, 0.3) is 0 Å². The van der Waals surface area contributed by atoms with Gasteiger partial charge < -0.3 is 10.1 Å². The predicted octanol–water partition coefficient (Wildman–Crippen LogP) is 1.09. The summed E-state index contributed by atoms with van der Waals surface area (Å²) in [5, 5.41) is 10.9. The maximum absolute atomic E-state index is 11.5. The van der Waals surface area contributed by atoms with Crippen LogP contribution in [-0.2, 0) is 13.5 Å². The summed E-state index contributed by atoms with van der Waals surface area (Å²) in [6.45, 7) is 0. The molecule has 0 saturated carbocycles. The Morgan fingerprint density at radius 2 is 2.33 bits per heavy atom. The highest BCUT2D eigenvalue weighted by molar-refractivity contribution is 7.99. The molecule has 1 heterocycles. The van der Waals surface area contributed by atoms with E-state index < -0.39 is 0 Å². The summed E-state index contributed by atoms with van der Waals surface area (Å²) >= 11 is 1.62. The van der Waals surface area contributed by atoms with E-state index in [-0.39, 0.29) is 11.7 Å². The smallest absolute Gasteiger partial charge is 0.343 e. The van der Waals surface area contributed by atoms with Crippen molar-refractivity contribution >= 4 is 11.8 Å². The van der Waals surface area contributed by atoms with Gasteiger partial charge in [-0.2, -0.15) is 0 Å². The molecule has 3 rings (SSSR count). The van der Waals surface area contributed by atoms with E-state index in [1.54, 1.807) is 30.5 Å². The van der Waals surface area contributed by atoms with Gasteiger partial charge in [0.05, 0.1) is 7.11 Å². The second-order valence-corrected chi connectivity index (χ2v) is 6.27. The summed E-state index contributed by atoms with van der Waals surface area (Å²) in [7, 11) is 5.36. The minimum Gasteiger partial charge on any atom is -0.497 e. The van der Waals surface area contributed by atoms with Crippen molar-refractivity contribution in [3.8, 4) is 5.75 Å². The second-order valence-electron chi connectivity index (χ2n) is 5.06. The van der Waals surface area contributed by atoms with Gasteiger partial charge in [-0.05, 0) is 36.7 Å². The fourth-order valence-electron chi connectivity index (χ4n) is 2.73. The zero-order valence-electron chi connectivity index (χ0n) is 12.2. The molecule has 6 nitrogen and oxygen atoms in total. The number of aromatic amines is 1. The summed E-state index contributed by atoms with van der Waals surface area (Å²) in [4.78, 5) is 11.5. The van der Waals surface area contributed by atoms with Crippen molar-refractivity contribution in [3.63, 3.8) is 0 Å². The molecule has 0 amide bonds. The van der Waals surface area contributed by atoms with Gasteiger partial charge in [-0.25, -0.2) is 9.89 Å². The molecule has 2 unspecified atom stereocenters. The highest BCUT2D eigenvalue weighted by Crippen LogP contribution is 2.41. The van der Waals surface area contributed by atoms with Gasteiger partial charge in [-0.1, -0.05) is 17.8 Å². The van der Waals surface area contributed by atoms with Crippen LogP contribution >= 0.6 is 11.8 Å². The van der Waals surface area contributed by atoms with Gasteiger partial charge in [0.1, 0.15) is 5.75 Å². The number of benzene rings is 1. The highest BCUT2D eigenvalue weighted by atomic mass is 32.2. The van der Waals surface area contributed by atoms with Crippen LogP contribution in [0.15, 0.2) is 28.2 Å². The third kappa shape index (κ3) is 2.47. The van der Waals surface area contributed by atoms with Crippen LogP contribution in [0.3, 0.4) is 0 Å². The van der Waals surface area contributed by atoms with Crippen LogP contribution in [0.25, 0.3) is 0 Å². The van der Waals surface area contributed by atoms with E-state index in [9.17, 15) is 4.79 Å². The molecule has 0 saturated heterocycles. The lowest BCUT2D eigenvalue weighted by molar-refractivity contribution is 0.413. The molecule has 0 radical (unpaired) electrons. The van der Waals surface area contributed by atoms with Crippen molar-refractivity contribution in [1.82, 2.24) is 20.1 Å². The number of aromatic nitrogens is 3. The van der Waals surface area contributed by atoms with Gasteiger partial charge in [-0.3, -0.25) is 4.57 Å². The lowest BCUT2D eigenvalue weighted by Crippen LogP contribution is -2.24. The topological polar surface area (TPSA) is 71.9 Å². The molecule has 2 atom stereocenters. The van der Waals surface area contributed by atoms with E-state index in [0.29, 0.717) is 10.4 Å². The first-order valence-electron chi connectivity index (χ1n) is 6.76. The molecule has 1 aliphatic carbocycles. The van der Waals surface area contributed by atoms with Gasteiger partial charge in [-0.15, -0.1) is 5.10 Å². The van der Waals surface area contributed by atoms with Crippen LogP contribution in [0.2, 0.25) is 0 Å². The first-order valence-corrected chi connectivity index (χ1v) is 7.64. The van der Waals surface area contributed by atoms with Crippen LogP contribution in [0.4, 0.5) is 0 Å². The number of nitrogens with one attached hydrogen (secondary N) is 2. The molecule has 0 bridgehead atoms. The Morgan fingerprint density at radius 3 is 2.95 bits per heavy atom. The number of methoxy groups -OCH3 is 1. The van der Waals surface area contributed by atoms with Crippen molar-refractivity contribution in [3.05, 3.63) is 39.8 Å². The molecule has 0 fully saturated rings. The van der Waals surface area contributed by atoms with Crippen LogP contribution < -0.4 is 15.7 Å². The average Bonchev–Trinajstić information content (AvgIpc) is 3.00. The Labute approximate surface area is 126 Å². The van der Waals surface area contributed by atoms with E-state index in [1.165, 1.54) is 11.1 Å². The molecule has 1 aromatic heterocycles. The summed E-state index contributed by atoms with van der Waals surface area (Å²) in [5.74, 6) is 0.867. The molecular formula is C14H18N4O2S. The lowest BCUT2D eigenvalue weighted by atomic mass is 10.1. The molecule has 112 valence electrons. The second kappa shape index (κ2) is 5.57. The van der Waals surface area contributed by atoms with Gasteiger partial charge in [0.15, 0.2) is 5.16 Å². The minimum atomic E-state index is -0.185. The van der Waals surface area contributed by atoms with Crippen molar-refractivity contribution in [2.45, 2.75) is 22.9 Å². The SMILES string of the molecule is CNC1c2cc(OC)ccc2CC1Sc1n[nH]c(=O)n1C. The standard InChI is InChI=1S/C14H18N4O2S/c1-15-12-10-7-9(20-3)5-4-8(10)6-11(12)21-14-17-16-13(19)18(14)2/h4-5,7,11-12,15H,6H2,1-3H3,(H,16,19). The largest absolute Gasteiger partial charge is 0.497 e. The van der Waals surface area contributed by atoms with Gasteiger partial charge in [0.2, 0.25) is 0 Å². The fourth-order valence-corrected chi connectivity index (χ4v) is 4.03. The molecule has 1 aliphatic rings. The normalized spacial score (nSPS) is 20.5. The monoisotopic (exact) mass is 306 g/mol. The third-order valence-electron chi connectivity index (χ3n) is 3.89. The van der Waals surface area contributed by atoms with E-state index in [4.69, 9.17) is 4.74 Å². The number of ether oxygens (including phenoxy) is 1. The van der Waals surface area contributed by atoms with Crippen molar-refractivity contribution in [2.75, 3.05) is 14.2 Å². The average molecular weight is 306 g/mol. The number of H-pyrrole nitrogens is 1. The third-order valence-corrected chi connectivity index (χ3v) is 5.21. The number of thioether (sulfide) groups is 1.